The Labute approximate surface area is 155 Å². The third-order valence-corrected chi connectivity index (χ3v) is 4.82. The van der Waals surface area contributed by atoms with Crippen molar-refractivity contribution < 1.29 is 18.9 Å². The average Bonchev–Trinajstić information content (AvgIpc) is 3.02. The van der Waals surface area contributed by atoms with E-state index in [1.807, 2.05) is 19.1 Å². The fourth-order valence-electron chi connectivity index (χ4n) is 3.52. The first kappa shape index (κ1) is 18.8. The topological polar surface area (TPSA) is 40.2 Å². The summed E-state index contributed by atoms with van der Waals surface area (Å²) >= 11 is 6.47. The third-order valence-electron chi connectivity index (χ3n) is 4.54. The highest BCUT2D eigenvalue weighted by molar-refractivity contribution is 6.32. The van der Waals surface area contributed by atoms with Crippen molar-refractivity contribution in [2.24, 2.45) is 0 Å². The number of hydrogen-bond donors (Lipinski definition) is 0. The maximum Gasteiger partial charge on any atom is 0.181 e. The molecule has 0 aromatic heterocycles. The quantitative estimate of drug-likeness (QED) is 0.729. The van der Waals surface area contributed by atoms with Crippen molar-refractivity contribution in [2.75, 3.05) is 39.5 Å². The van der Waals surface area contributed by atoms with Gasteiger partial charge in [-0.3, -0.25) is 4.90 Å². The molecule has 0 atom stereocenters. The molecule has 2 saturated heterocycles. The van der Waals surface area contributed by atoms with Gasteiger partial charge in [0.25, 0.3) is 0 Å². The van der Waals surface area contributed by atoms with Crippen molar-refractivity contribution in [2.45, 2.75) is 45.4 Å². The molecule has 0 aliphatic carbocycles. The number of piperidine rings is 1. The summed E-state index contributed by atoms with van der Waals surface area (Å²) in [6, 6.07) is 4.02. The normalized spacial score (nSPS) is 20.1. The molecule has 1 spiro atoms. The van der Waals surface area contributed by atoms with Crippen molar-refractivity contribution in [1.82, 2.24) is 4.90 Å². The van der Waals surface area contributed by atoms with Gasteiger partial charge in [0.15, 0.2) is 17.3 Å². The fraction of sp³-hybridized carbons (Fsp3) is 0.684. The Kier molecular flexibility index (Phi) is 6.44. The van der Waals surface area contributed by atoms with Crippen LogP contribution in [0, 0.1) is 0 Å². The zero-order chi connectivity index (χ0) is 17.7. The van der Waals surface area contributed by atoms with E-state index in [2.05, 4.69) is 11.8 Å². The van der Waals surface area contributed by atoms with Crippen LogP contribution in [0.5, 0.6) is 11.5 Å². The van der Waals surface area contributed by atoms with Crippen LogP contribution in [0.2, 0.25) is 5.02 Å². The van der Waals surface area contributed by atoms with Gasteiger partial charge in [0.2, 0.25) is 0 Å². The molecule has 5 nitrogen and oxygen atoms in total. The fourth-order valence-corrected chi connectivity index (χ4v) is 3.80. The van der Waals surface area contributed by atoms with E-state index in [0.717, 1.165) is 50.2 Å². The van der Waals surface area contributed by atoms with E-state index >= 15 is 0 Å². The van der Waals surface area contributed by atoms with Gasteiger partial charge in [0.1, 0.15) is 0 Å². The summed E-state index contributed by atoms with van der Waals surface area (Å²) < 4.78 is 23.3. The summed E-state index contributed by atoms with van der Waals surface area (Å²) in [5, 5.41) is 0.606. The Balaban J connectivity index is 1.73. The largest absolute Gasteiger partial charge is 0.490 e. The molecule has 1 aromatic rings. The maximum atomic E-state index is 6.47. The Morgan fingerprint density at radius 2 is 2.00 bits per heavy atom. The molecule has 0 unspecified atom stereocenters. The molecular weight excluding hydrogens is 342 g/mol. The van der Waals surface area contributed by atoms with Gasteiger partial charge in [-0.1, -0.05) is 18.5 Å². The van der Waals surface area contributed by atoms with E-state index in [-0.39, 0.29) is 0 Å². The molecule has 0 amide bonds. The lowest BCUT2D eigenvalue weighted by Crippen LogP contribution is -2.48. The first-order valence-electron chi connectivity index (χ1n) is 9.24. The molecule has 6 heteroatoms. The Hall–Kier alpha value is -1.01. The molecule has 1 aromatic carbocycles. The molecule has 0 bridgehead atoms. The highest BCUT2D eigenvalue weighted by Crippen LogP contribution is 2.38. The molecule has 2 aliphatic rings. The van der Waals surface area contributed by atoms with Crippen LogP contribution in [-0.2, 0) is 16.0 Å². The van der Waals surface area contributed by atoms with Crippen LogP contribution in [0.15, 0.2) is 12.1 Å². The number of ether oxygens (including phenoxy) is 4. The zero-order valence-corrected chi connectivity index (χ0v) is 15.9. The summed E-state index contributed by atoms with van der Waals surface area (Å²) in [7, 11) is 0. The SMILES string of the molecule is CCCOc1c(Cl)cc(CN2CCCC3(C2)OCCO3)cc1OCC. The van der Waals surface area contributed by atoms with E-state index in [9.17, 15) is 0 Å². The molecule has 2 fully saturated rings. The van der Waals surface area contributed by atoms with Crippen LogP contribution in [0.3, 0.4) is 0 Å². The van der Waals surface area contributed by atoms with Gasteiger partial charge in [-0.15, -0.1) is 0 Å². The Morgan fingerprint density at radius 1 is 1.20 bits per heavy atom. The molecule has 25 heavy (non-hydrogen) atoms. The lowest BCUT2D eigenvalue weighted by molar-refractivity contribution is -0.190. The monoisotopic (exact) mass is 369 g/mol. The van der Waals surface area contributed by atoms with Gasteiger partial charge in [-0.2, -0.15) is 0 Å². The molecule has 0 N–H and O–H groups in total. The van der Waals surface area contributed by atoms with Crippen LogP contribution in [0.25, 0.3) is 0 Å². The lowest BCUT2D eigenvalue weighted by atomic mass is 10.0. The highest BCUT2D eigenvalue weighted by Gasteiger charge is 2.40. The van der Waals surface area contributed by atoms with Gasteiger partial charge in [-0.25, -0.2) is 0 Å². The maximum absolute atomic E-state index is 6.47. The molecule has 0 radical (unpaired) electrons. The molecule has 2 aliphatic heterocycles. The van der Waals surface area contributed by atoms with E-state index < -0.39 is 5.79 Å². The molecule has 0 saturated carbocycles. The van der Waals surface area contributed by atoms with E-state index in [0.29, 0.717) is 37.2 Å². The van der Waals surface area contributed by atoms with Gasteiger partial charge in [0, 0.05) is 13.0 Å². The lowest BCUT2D eigenvalue weighted by Gasteiger charge is -2.38. The second kappa shape index (κ2) is 8.58. The second-order valence-corrected chi connectivity index (χ2v) is 7.02. The Bertz CT molecular complexity index is 575. The van der Waals surface area contributed by atoms with Gasteiger partial charge < -0.3 is 18.9 Å². The number of nitrogens with zero attached hydrogens (tertiary/aromatic N) is 1. The smallest absolute Gasteiger partial charge is 0.181 e. The van der Waals surface area contributed by atoms with Gasteiger partial charge in [-0.05, 0) is 44.0 Å². The third kappa shape index (κ3) is 4.59. The first-order chi connectivity index (χ1) is 12.2. The van der Waals surface area contributed by atoms with Crippen molar-refractivity contribution in [3.05, 3.63) is 22.7 Å². The van der Waals surface area contributed by atoms with Gasteiger partial charge >= 0.3 is 0 Å². The van der Waals surface area contributed by atoms with Crippen molar-refractivity contribution in [3.8, 4) is 11.5 Å². The van der Waals surface area contributed by atoms with Crippen molar-refractivity contribution >= 4 is 11.6 Å². The molecule has 3 rings (SSSR count). The zero-order valence-electron chi connectivity index (χ0n) is 15.2. The van der Waals surface area contributed by atoms with Crippen LogP contribution in [0.1, 0.15) is 38.7 Å². The van der Waals surface area contributed by atoms with E-state index in [1.54, 1.807) is 0 Å². The minimum absolute atomic E-state index is 0.408. The average molecular weight is 370 g/mol. The summed E-state index contributed by atoms with van der Waals surface area (Å²) in [4.78, 5) is 2.36. The first-order valence-corrected chi connectivity index (χ1v) is 9.62. The number of rotatable bonds is 7. The van der Waals surface area contributed by atoms with Crippen LogP contribution in [-0.4, -0.2) is 50.2 Å². The van der Waals surface area contributed by atoms with E-state index in [4.69, 9.17) is 30.5 Å². The molecular formula is C19H28ClNO4. The molecule has 140 valence electrons. The van der Waals surface area contributed by atoms with Crippen molar-refractivity contribution in [3.63, 3.8) is 0 Å². The number of benzene rings is 1. The van der Waals surface area contributed by atoms with E-state index in [1.165, 1.54) is 0 Å². The number of hydrogen-bond acceptors (Lipinski definition) is 5. The predicted molar refractivity (Wildman–Crippen MR) is 97.6 cm³/mol. The Morgan fingerprint density at radius 3 is 2.72 bits per heavy atom. The minimum atomic E-state index is -0.408. The summed E-state index contributed by atoms with van der Waals surface area (Å²) in [5.74, 6) is 0.958. The second-order valence-electron chi connectivity index (χ2n) is 6.61. The highest BCUT2D eigenvalue weighted by atomic mass is 35.5. The minimum Gasteiger partial charge on any atom is -0.490 e. The van der Waals surface area contributed by atoms with Crippen LogP contribution < -0.4 is 9.47 Å². The number of halogens is 1. The van der Waals surface area contributed by atoms with Crippen molar-refractivity contribution in [1.29, 1.82) is 0 Å². The van der Waals surface area contributed by atoms with Crippen LogP contribution in [0.4, 0.5) is 0 Å². The summed E-state index contributed by atoms with van der Waals surface area (Å²) in [6.45, 7) is 9.25. The van der Waals surface area contributed by atoms with Gasteiger partial charge in [0.05, 0.1) is 38.0 Å². The van der Waals surface area contributed by atoms with Crippen LogP contribution >= 0.6 is 11.6 Å². The predicted octanol–water partition coefficient (Wildman–Crippen LogP) is 3.87. The molecule has 2 heterocycles. The summed E-state index contributed by atoms with van der Waals surface area (Å²) in [6.07, 6.45) is 2.97. The number of likely N-dealkylation sites (tertiary alicyclic amines) is 1. The summed E-state index contributed by atoms with van der Waals surface area (Å²) in [5.41, 5.74) is 1.12. The standard InChI is InChI=1S/C19H28ClNO4/c1-3-8-23-18-16(20)11-15(12-17(18)22-4-2)13-21-7-5-6-19(14-21)24-9-10-25-19/h11-12H,3-10,13-14H2,1-2H3.